The molecule has 0 bridgehead atoms. The van der Waals surface area contributed by atoms with Crippen molar-refractivity contribution in [1.29, 1.82) is 0 Å². The maximum atomic E-state index is 12.8. The summed E-state index contributed by atoms with van der Waals surface area (Å²) < 4.78 is 11.6. The van der Waals surface area contributed by atoms with Crippen molar-refractivity contribution in [2.75, 3.05) is 36.5 Å². The van der Waals surface area contributed by atoms with Gasteiger partial charge in [-0.3, -0.25) is 4.79 Å². The van der Waals surface area contributed by atoms with Crippen LogP contribution in [0.5, 0.6) is 0 Å². The summed E-state index contributed by atoms with van der Waals surface area (Å²) in [5, 5.41) is 15.7. The van der Waals surface area contributed by atoms with E-state index in [9.17, 15) is 9.90 Å². The third-order valence-corrected chi connectivity index (χ3v) is 5.89. The van der Waals surface area contributed by atoms with E-state index < -0.39 is 6.23 Å². The first-order valence-electron chi connectivity index (χ1n) is 10.0. The summed E-state index contributed by atoms with van der Waals surface area (Å²) in [6, 6.07) is 14.7. The molecule has 0 saturated carbocycles. The summed E-state index contributed by atoms with van der Waals surface area (Å²) in [5.74, 6) is 0.477. The fourth-order valence-electron chi connectivity index (χ4n) is 3.69. The number of ether oxygens (including phenoxy) is 1. The lowest BCUT2D eigenvalue weighted by Gasteiger charge is -2.29. The van der Waals surface area contributed by atoms with Gasteiger partial charge in [-0.15, -0.1) is 11.3 Å². The molecule has 1 atom stereocenters. The smallest absolute Gasteiger partial charge is 0.193 e. The zero-order valence-corrected chi connectivity index (χ0v) is 17.5. The van der Waals surface area contributed by atoms with Gasteiger partial charge in [-0.2, -0.15) is 0 Å². The Morgan fingerprint density at radius 2 is 1.97 bits per heavy atom. The van der Waals surface area contributed by atoms with Crippen molar-refractivity contribution in [1.82, 2.24) is 4.98 Å². The Kier molecular flexibility index (Phi) is 5.42. The molecule has 1 aliphatic rings. The fraction of sp³-hybridized carbons (Fsp3) is 0.217. The minimum atomic E-state index is -1.00. The van der Waals surface area contributed by atoms with Crippen LogP contribution in [-0.4, -0.2) is 36.4 Å². The molecule has 31 heavy (non-hydrogen) atoms. The number of fused-ring (bicyclic) bond motifs is 1. The first kappa shape index (κ1) is 19.7. The monoisotopic (exact) mass is 435 g/mol. The number of aliphatic hydroxyl groups excluding tert-OH is 1. The summed E-state index contributed by atoms with van der Waals surface area (Å²) in [6.45, 7) is 3.05. The van der Waals surface area contributed by atoms with Crippen LogP contribution in [0, 0.1) is 0 Å². The van der Waals surface area contributed by atoms with Gasteiger partial charge in [-0.1, -0.05) is 18.2 Å². The molecule has 1 aliphatic heterocycles. The number of para-hydroxylation sites is 1. The van der Waals surface area contributed by atoms with Gasteiger partial charge in [0.2, 0.25) is 0 Å². The zero-order chi connectivity index (χ0) is 21.2. The number of rotatable bonds is 5. The number of nitrogens with one attached hydrogen (secondary N) is 1. The minimum Gasteiger partial charge on any atom is -0.454 e. The van der Waals surface area contributed by atoms with Crippen LogP contribution in [0.1, 0.15) is 11.9 Å². The highest BCUT2D eigenvalue weighted by atomic mass is 32.1. The number of nitrogens with zero attached hydrogens (tertiary/aromatic N) is 2. The molecule has 158 valence electrons. The van der Waals surface area contributed by atoms with Crippen LogP contribution < -0.4 is 15.6 Å². The average Bonchev–Trinajstić information content (AvgIpc) is 3.35. The molecular weight excluding hydrogens is 414 g/mol. The summed E-state index contributed by atoms with van der Waals surface area (Å²) >= 11 is 1.40. The maximum Gasteiger partial charge on any atom is 0.193 e. The van der Waals surface area contributed by atoms with Crippen molar-refractivity contribution < 1.29 is 14.3 Å². The topological polar surface area (TPSA) is 87.8 Å². The molecule has 7 nitrogen and oxygen atoms in total. The zero-order valence-electron chi connectivity index (χ0n) is 16.7. The van der Waals surface area contributed by atoms with Crippen molar-refractivity contribution in [2.24, 2.45) is 0 Å². The molecule has 0 spiro atoms. The third kappa shape index (κ3) is 4.05. The highest BCUT2D eigenvalue weighted by Crippen LogP contribution is 2.30. The van der Waals surface area contributed by atoms with E-state index >= 15 is 0 Å². The van der Waals surface area contributed by atoms with Gasteiger partial charge in [0.25, 0.3) is 0 Å². The van der Waals surface area contributed by atoms with E-state index in [4.69, 9.17) is 9.15 Å². The average molecular weight is 436 g/mol. The van der Waals surface area contributed by atoms with Gasteiger partial charge in [0.05, 0.1) is 29.8 Å². The molecule has 8 heteroatoms. The first-order chi connectivity index (χ1) is 15.2. The van der Waals surface area contributed by atoms with Gasteiger partial charge in [0.15, 0.2) is 17.2 Å². The highest BCUT2D eigenvalue weighted by Gasteiger charge is 2.16. The second-order valence-electron chi connectivity index (χ2n) is 7.27. The predicted octanol–water partition coefficient (Wildman–Crippen LogP) is 3.86. The summed E-state index contributed by atoms with van der Waals surface area (Å²) in [4.78, 5) is 19.2. The van der Waals surface area contributed by atoms with Crippen LogP contribution >= 0.6 is 11.3 Å². The number of benzene rings is 2. The van der Waals surface area contributed by atoms with Gasteiger partial charge in [0.1, 0.15) is 11.5 Å². The Hall–Kier alpha value is -3.20. The predicted molar refractivity (Wildman–Crippen MR) is 122 cm³/mol. The molecule has 2 aromatic heterocycles. The van der Waals surface area contributed by atoms with Crippen molar-refractivity contribution in [3.05, 3.63) is 75.3 Å². The Morgan fingerprint density at radius 1 is 1.13 bits per heavy atom. The first-order valence-corrected chi connectivity index (χ1v) is 11.0. The van der Waals surface area contributed by atoms with Gasteiger partial charge in [0, 0.05) is 35.8 Å². The van der Waals surface area contributed by atoms with E-state index in [2.05, 4.69) is 15.2 Å². The van der Waals surface area contributed by atoms with Crippen LogP contribution in [0.2, 0.25) is 0 Å². The fourth-order valence-corrected chi connectivity index (χ4v) is 4.26. The van der Waals surface area contributed by atoms with Gasteiger partial charge in [-0.25, -0.2) is 4.98 Å². The number of aliphatic hydroxyl groups is 1. The van der Waals surface area contributed by atoms with Crippen molar-refractivity contribution in [3.63, 3.8) is 0 Å². The van der Waals surface area contributed by atoms with Crippen LogP contribution in [0.3, 0.4) is 0 Å². The lowest BCUT2D eigenvalue weighted by molar-refractivity contribution is 0.122. The highest BCUT2D eigenvalue weighted by molar-refractivity contribution is 7.07. The molecular formula is C23H21N3O4S. The van der Waals surface area contributed by atoms with Crippen LogP contribution in [0.25, 0.3) is 22.3 Å². The second-order valence-corrected chi connectivity index (χ2v) is 7.99. The third-order valence-electron chi connectivity index (χ3n) is 5.29. The molecule has 0 amide bonds. The Bertz CT molecular complexity index is 1250. The molecule has 2 aromatic carbocycles. The van der Waals surface area contributed by atoms with Gasteiger partial charge >= 0.3 is 0 Å². The quantitative estimate of drug-likeness (QED) is 0.460. The number of thiazole rings is 1. The van der Waals surface area contributed by atoms with Crippen LogP contribution in [0.4, 0.5) is 11.4 Å². The van der Waals surface area contributed by atoms with Gasteiger partial charge in [-0.05, 0) is 24.3 Å². The molecule has 3 heterocycles. The Balaban J connectivity index is 1.54. The van der Waals surface area contributed by atoms with Crippen molar-refractivity contribution in [2.45, 2.75) is 6.23 Å². The lowest BCUT2D eigenvalue weighted by atomic mass is 10.1. The van der Waals surface area contributed by atoms with E-state index in [0.29, 0.717) is 41.3 Å². The molecule has 5 rings (SSSR count). The van der Waals surface area contributed by atoms with E-state index in [1.165, 1.54) is 17.4 Å². The molecule has 0 radical (unpaired) electrons. The van der Waals surface area contributed by atoms with Gasteiger partial charge < -0.3 is 24.5 Å². The number of aromatic nitrogens is 1. The van der Waals surface area contributed by atoms with Crippen molar-refractivity contribution >= 4 is 33.7 Å². The van der Waals surface area contributed by atoms with Crippen LogP contribution in [-0.2, 0) is 4.74 Å². The summed E-state index contributed by atoms with van der Waals surface area (Å²) in [5.41, 5.74) is 4.84. The SMILES string of the molecule is O=c1cc(-c2cccc(N3CCOCC3)c2)oc2c(NC(O)c3cscn3)cccc12. The van der Waals surface area contributed by atoms with E-state index in [1.54, 1.807) is 29.1 Å². The molecule has 1 saturated heterocycles. The molecule has 0 aliphatic carbocycles. The second kappa shape index (κ2) is 8.50. The summed E-state index contributed by atoms with van der Waals surface area (Å²) in [6.07, 6.45) is -1.00. The van der Waals surface area contributed by atoms with E-state index in [-0.39, 0.29) is 5.43 Å². The largest absolute Gasteiger partial charge is 0.454 e. The molecule has 2 N–H and O–H groups in total. The molecule has 4 aromatic rings. The Labute approximate surface area is 182 Å². The van der Waals surface area contributed by atoms with E-state index in [0.717, 1.165) is 24.3 Å². The van der Waals surface area contributed by atoms with Crippen LogP contribution in [0.15, 0.2) is 68.6 Å². The van der Waals surface area contributed by atoms with Crippen molar-refractivity contribution in [3.8, 4) is 11.3 Å². The minimum absolute atomic E-state index is 0.139. The molecule has 1 fully saturated rings. The standard InChI is InChI=1S/C23H21N3O4S/c27-20-12-21(15-3-1-4-16(11-15)26-7-9-29-10-8-26)30-22-17(20)5-2-6-18(22)25-23(28)19-13-31-14-24-19/h1-6,11-14,23,25,28H,7-10H2. The number of morpholine rings is 1. The number of hydrogen-bond acceptors (Lipinski definition) is 8. The molecule has 1 unspecified atom stereocenters. The Morgan fingerprint density at radius 3 is 2.77 bits per heavy atom. The normalized spacial score (nSPS) is 15.2. The lowest BCUT2D eigenvalue weighted by Crippen LogP contribution is -2.36. The van der Waals surface area contributed by atoms with E-state index in [1.807, 2.05) is 24.3 Å². The maximum absolute atomic E-state index is 12.8. The number of anilines is 2. The summed E-state index contributed by atoms with van der Waals surface area (Å²) in [7, 11) is 0. The number of hydrogen-bond donors (Lipinski definition) is 2.